The lowest BCUT2D eigenvalue weighted by Gasteiger charge is -2.09. The number of rotatable bonds is 7. The van der Waals surface area contributed by atoms with E-state index in [1.54, 1.807) is 0 Å². The molecule has 1 heterocycles. The topological polar surface area (TPSA) is 29.9 Å². The molecule has 2 rings (SSSR count). The van der Waals surface area contributed by atoms with Crippen molar-refractivity contribution in [1.29, 1.82) is 0 Å². The second kappa shape index (κ2) is 7.51. The molecule has 0 saturated carbocycles. The molecule has 0 bridgehead atoms. The van der Waals surface area contributed by atoms with Crippen LogP contribution in [0, 0.1) is 6.92 Å². The van der Waals surface area contributed by atoms with Gasteiger partial charge >= 0.3 is 0 Å². The smallest absolute Gasteiger partial charge is 0.0865 e. The highest BCUT2D eigenvalue weighted by atomic mass is 35.5. The Morgan fingerprint density at radius 1 is 1.19 bits per heavy atom. The molecule has 0 atom stereocenters. The first-order valence-electron chi connectivity index (χ1n) is 7.70. The summed E-state index contributed by atoms with van der Waals surface area (Å²) in [6.07, 6.45) is 3.64. The molecule has 1 aromatic carbocycles. The van der Waals surface area contributed by atoms with E-state index in [9.17, 15) is 0 Å². The highest BCUT2D eigenvalue weighted by Crippen LogP contribution is 2.21. The van der Waals surface area contributed by atoms with Crippen molar-refractivity contribution in [3.63, 3.8) is 0 Å². The molecule has 0 aliphatic rings. The van der Waals surface area contributed by atoms with E-state index < -0.39 is 0 Å². The van der Waals surface area contributed by atoms with E-state index in [1.165, 1.54) is 18.4 Å². The Morgan fingerprint density at radius 3 is 2.52 bits per heavy atom. The third kappa shape index (κ3) is 4.01. The fourth-order valence-electron chi connectivity index (χ4n) is 2.39. The lowest BCUT2D eigenvalue weighted by molar-refractivity contribution is 0.623. The SMILES string of the molecule is CCCCc1ccc(NCc2c(Cl)c(C)nn2CC)cc1. The molecule has 0 spiro atoms. The maximum absolute atomic E-state index is 6.32. The average molecular weight is 306 g/mol. The van der Waals surface area contributed by atoms with Gasteiger partial charge in [-0.3, -0.25) is 4.68 Å². The molecule has 0 aliphatic carbocycles. The summed E-state index contributed by atoms with van der Waals surface area (Å²) in [5.74, 6) is 0. The fraction of sp³-hybridized carbons (Fsp3) is 0.471. The molecular weight excluding hydrogens is 282 g/mol. The Labute approximate surface area is 132 Å². The van der Waals surface area contributed by atoms with Crippen molar-refractivity contribution in [3.05, 3.63) is 46.2 Å². The van der Waals surface area contributed by atoms with Gasteiger partial charge < -0.3 is 5.32 Å². The van der Waals surface area contributed by atoms with E-state index in [0.717, 1.165) is 35.1 Å². The molecule has 0 radical (unpaired) electrons. The maximum Gasteiger partial charge on any atom is 0.0865 e. The van der Waals surface area contributed by atoms with Crippen LogP contribution < -0.4 is 5.32 Å². The molecule has 21 heavy (non-hydrogen) atoms. The van der Waals surface area contributed by atoms with Gasteiger partial charge in [0.05, 0.1) is 23.0 Å². The second-order valence-electron chi connectivity index (χ2n) is 5.32. The van der Waals surface area contributed by atoms with Crippen molar-refractivity contribution in [3.8, 4) is 0 Å². The van der Waals surface area contributed by atoms with Crippen LogP contribution in [0.2, 0.25) is 5.02 Å². The van der Waals surface area contributed by atoms with Gasteiger partial charge in [-0.2, -0.15) is 5.10 Å². The van der Waals surface area contributed by atoms with Crippen molar-refractivity contribution in [2.45, 2.75) is 53.1 Å². The van der Waals surface area contributed by atoms with E-state index in [2.05, 4.69) is 48.5 Å². The molecule has 0 amide bonds. The first kappa shape index (κ1) is 15.9. The van der Waals surface area contributed by atoms with Gasteiger partial charge in [0.2, 0.25) is 0 Å². The number of aromatic nitrogens is 2. The number of unbranched alkanes of at least 4 members (excludes halogenated alkanes) is 1. The first-order valence-corrected chi connectivity index (χ1v) is 8.08. The van der Waals surface area contributed by atoms with Gasteiger partial charge in [0.1, 0.15) is 0 Å². The lowest BCUT2D eigenvalue weighted by atomic mass is 10.1. The Bertz CT molecular complexity index is 572. The fourth-order valence-corrected chi connectivity index (χ4v) is 2.60. The zero-order valence-electron chi connectivity index (χ0n) is 13.1. The third-order valence-electron chi connectivity index (χ3n) is 3.69. The second-order valence-corrected chi connectivity index (χ2v) is 5.69. The molecule has 3 nitrogen and oxygen atoms in total. The number of aryl methyl sites for hydroxylation is 3. The molecular formula is C17H24ClN3. The number of hydrogen-bond donors (Lipinski definition) is 1. The lowest BCUT2D eigenvalue weighted by Crippen LogP contribution is -2.08. The predicted molar refractivity (Wildman–Crippen MR) is 90.0 cm³/mol. The summed E-state index contributed by atoms with van der Waals surface area (Å²) in [7, 11) is 0. The first-order chi connectivity index (χ1) is 10.2. The summed E-state index contributed by atoms with van der Waals surface area (Å²) in [6.45, 7) is 7.77. The molecule has 1 aromatic heterocycles. The monoisotopic (exact) mass is 305 g/mol. The Morgan fingerprint density at radius 2 is 1.90 bits per heavy atom. The Hall–Kier alpha value is -1.48. The molecule has 0 saturated heterocycles. The number of nitrogens with zero attached hydrogens (tertiary/aromatic N) is 2. The van der Waals surface area contributed by atoms with E-state index >= 15 is 0 Å². The molecule has 0 unspecified atom stereocenters. The number of hydrogen-bond acceptors (Lipinski definition) is 2. The zero-order chi connectivity index (χ0) is 15.2. The zero-order valence-corrected chi connectivity index (χ0v) is 13.9. The Kier molecular flexibility index (Phi) is 5.68. The summed E-state index contributed by atoms with van der Waals surface area (Å²) >= 11 is 6.32. The van der Waals surface area contributed by atoms with Gasteiger partial charge in [0, 0.05) is 12.2 Å². The highest BCUT2D eigenvalue weighted by molar-refractivity contribution is 6.31. The third-order valence-corrected chi connectivity index (χ3v) is 4.18. The molecule has 0 aliphatic heterocycles. The van der Waals surface area contributed by atoms with Gasteiger partial charge in [0.15, 0.2) is 0 Å². The van der Waals surface area contributed by atoms with Crippen LogP contribution in [0.15, 0.2) is 24.3 Å². The van der Waals surface area contributed by atoms with Crippen molar-refractivity contribution in [2.75, 3.05) is 5.32 Å². The highest BCUT2D eigenvalue weighted by Gasteiger charge is 2.11. The van der Waals surface area contributed by atoms with Crippen molar-refractivity contribution < 1.29 is 0 Å². The van der Waals surface area contributed by atoms with Gasteiger partial charge in [0.25, 0.3) is 0 Å². The minimum Gasteiger partial charge on any atom is -0.379 e. The van der Waals surface area contributed by atoms with Crippen LogP contribution in [0.3, 0.4) is 0 Å². The van der Waals surface area contributed by atoms with E-state index in [0.29, 0.717) is 6.54 Å². The van der Waals surface area contributed by atoms with Crippen LogP contribution in [0.25, 0.3) is 0 Å². The number of benzene rings is 1. The van der Waals surface area contributed by atoms with Gasteiger partial charge in [-0.05, 0) is 44.4 Å². The van der Waals surface area contributed by atoms with Gasteiger partial charge in [-0.25, -0.2) is 0 Å². The number of nitrogens with one attached hydrogen (secondary N) is 1. The van der Waals surface area contributed by atoms with Crippen LogP contribution in [0.1, 0.15) is 43.6 Å². The van der Waals surface area contributed by atoms with E-state index in [-0.39, 0.29) is 0 Å². The van der Waals surface area contributed by atoms with Gasteiger partial charge in [-0.1, -0.05) is 37.1 Å². The molecule has 114 valence electrons. The molecule has 2 aromatic rings. The quantitative estimate of drug-likeness (QED) is 0.795. The normalized spacial score (nSPS) is 10.9. The molecule has 1 N–H and O–H groups in total. The van der Waals surface area contributed by atoms with Crippen molar-refractivity contribution in [1.82, 2.24) is 9.78 Å². The summed E-state index contributed by atoms with van der Waals surface area (Å²) in [5, 5.41) is 8.63. The largest absolute Gasteiger partial charge is 0.379 e. The average Bonchev–Trinajstić information content (AvgIpc) is 2.79. The van der Waals surface area contributed by atoms with E-state index in [4.69, 9.17) is 11.6 Å². The minimum absolute atomic E-state index is 0.696. The van der Waals surface area contributed by atoms with Crippen LogP contribution in [-0.4, -0.2) is 9.78 Å². The van der Waals surface area contributed by atoms with Crippen molar-refractivity contribution >= 4 is 17.3 Å². The summed E-state index contributed by atoms with van der Waals surface area (Å²) in [6, 6.07) is 8.67. The van der Waals surface area contributed by atoms with Gasteiger partial charge in [-0.15, -0.1) is 0 Å². The Balaban J connectivity index is 2.00. The van der Waals surface area contributed by atoms with Crippen LogP contribution in [0.4, 0.5) is 5.69 Å². The number of anilines is 1. The summed E-state index contributed by atoms with van der Waals surface area (Å²) in [4.78, 5) is 0. The minimum atomic E-state index is 0.696. The molecule has 0 fully saturated rings. The molecule has 4 heteroatoms. The summed E-state index contributed by atoms with van der Waals surface area (Å²) < 4.78 is 1.96. The van der Waals surface area contributed by atoms with Crippen LogP contribution in [0.5, 0.6) is 0 Å². The standard InChI is InChI=1S/C17H24ClN3/c1-4-6-7-14-8-10-15(11-9-14)19-12-16-17(18)13(3)20-21(16)5-2/h8-11,19H,4-7,12H2,1-3H3. The van der Waals surface area contributed by atoms with Crippen LogP contribution >= 0.6 is 11.6 Å². The number of halogens is 1. The van der Waals surface area contributed by atoms with Crippen molar-refractivity contribution in [2.24, 2.45) is 0 Å². The maximum atomic E-state index is 6.32. The van der Waals surface area contributed by atoms with Crippen LogP contribution in [-0.2, 0) is 19.5 Å². The summed E-state index contributed by atoms with van der Waals surface area (Å²) in [5.41, 5.74) is 4.46. The predicted octanol–water partition coefficient (Wildman–Crippen LogP) is 4.82. The van der Waals surface area contributed by atoms with E-state index in [1.807, 2.05) is 11.6 Å².